The molecule has 0 spiro atoms. The highest BCUT2D eigenvalue weighted by molar-refractivity contribution is 5.67. The third-order valence-corrected chi connectivity index (χ3v) is 3.65. The van der Waals surface area contributed by atoms with Crippen molar-refractivity contribution in [2.45, 2.75) is 25.8 Å². The molecule has 0 bridgehead atoms. The molecule has 1 unspecified atom stereocenters. The summed E-state index contributed by atoms with van der Waals surface area (Å²) in [4.78, 5) is 19.2. The molecule has 20 heavy (non-hydrogen) atoms. The minimum atomic E-state index is -0.301. The van der Waals surface area contributed by atoms with Crippen molar-refractivity contribution < 1.29 is 5.11 Å². The zero-order valence-electron chi connectivity index (χ0n) is 11.3. The van der Waals surface area contributed by atoms with E-state index in [-0.39, 0.29) is 23.0 Å². The maximum atomic E-state index is 12.2. The SMILES string of the molecule is Cc1ccc(-c2c(O)nc(C3CCCN3)[nH]c2=O)cc1. The van der Waals surface area contributed by atoms with Gasteiger partial charge < -0.3 is 15.4 Å². The van der Waals surface area contributed by atoms with E-state index in [2.05, 4.69) is 15.3 Å². The van der Waals surface area contributed by atoms with Gasteiger partial charge in [-0.25, -0.2) is 0 Å². The van der Waals surface area contributed by atoms with E-state index in [1.54, 1.807) is 0 Å². The first-order valence-corrected chi connectivity index (χ1v) is 6.79. The van der Waals surface area contributed by atoms with Gasteiger partial charge in [-0.2, -0.15) is 4.98 Å². The Morgan fingerprint density at radius 1 is 1.30 bits per heavy atom. The number of aromatic hydroxyl groups is 1. The van der Waals surface area contributed by atoms with Crippen LogP contribution in [0.5, 0.6) is 5.88 Å². The first kappa shape index (κ1) is 12.9. The molecule has 5 heteroatoms. The highest BCUT2D eigenvalue weighted by Gasteiger charge is 2.21. The van der Waals surface area contributed by atoms with Gasteiger partial charge in [0.2, 0.25) is 5.88 Å². The summed E-state index contributed by atoms with van der Waals surface area (Å²) in [7, 11) is 0. The van der Waals surface area contributed by atoms with Crippen LogP contribution in [0.25, 0.3) is 11.1 Å². The van der Waals surface area contributed by atoms with E-state index in [9.17, 15) is 9.90 Å². The number of rotatable bonds is 2. The van der Waals surface area contributed by atoms with E-state index in [4.69, 9.17) is 0 Å². The van der Waals surface area contributed by atoms with E-state index in [1.165, 1.54) is 0 Å². The zero-order valence-corrected chi connectivity index (χ0v) is 11.3. The molecule has 1 aliphatic rings. The molecule has 0 radical (unpaired) electrons. The Morgan fingerprint density at radius 3 is 2.65 bits per heavy atom. The summed E-state index contributed by atoms with van der Waals surface area (Å²) in [5.41, 5.74) is 1.70. The minimum Gasteiger partial charge on any atom is -0.493 e. The molecule has 2 heterocycles. The number of hydrogen-bond acceptors (Lipinski definition) is 4. The molecule has 1 aromatic heterocycles. The number of H-pyrrole nitrogens is 1. The lowest BCUT2D eigenvalue weighted by Crippen LogP contribution is -2.21. The normalized spacial score (nSPS) is 18.4. The van der Waals surface area contributed by atoms with Crippen LogP contribution in [0.4, 0.5) is 0 Å². The Bertz CT molecular complexity index is 671. The summed E-state index contributed by atoms with van der Waals surface area (Å²) >= 11 is 0. The Hall–Kier alpha value is -2.14. The molecule has 5 nitrogen and oxygen atoms in total. The van der Waals surface area contributed by atoms with Crippen LogP contribution in [0.1, 0.15) is 30.3 Å². The van der Waals surface area contributed by atoms with Crippen LogP contribution in [0.15, 0.2) is 29.1 Å². The number of hydrogen-bond donors (Lipinski definition) is 3. The van der Waals surface area contributed by atoms with Crippen molar-refractivity contribution in [1.82, 2.24) is 15.3 Å². The molecule has 1 aromatic carbocycles. The molecular formula is C15H17N3O2. The summed E-state index contributed by atoms with van der Waals surface area (Å²) in [6, 6.07) is 7.46. The van der Waals surface area contributed by atoms with Gasteiger partial charge in [-0.1, -0.05) is 29.8 Å². The summed E-state index contributed by atoms with van der Waals surface area (Å²) < 4.78 is 0. The predicted octanol–water partition coefficient (Wildman–Crippen LogP) is 1.88. The van der Waals surface area contributed by atoms with Crippen LogP contribution in [-0.4, -0.2) is 21.6 Å². The second-order valence-corrected chi connectivity index (χ2v) is 5.16. The van der Waals surface area contributed by atoms with Crippen LogP contribution < -0.4 is 10.9 Å². The van der Waals surface area contributed by atoms with Crippen molar-refractivity contribution in [3.8, 4) is 17.0 Å². The predicted molar refractivity (Wildman–Crippen MR) is 76.7 cm³/mol. The molecular weight excluding hydrogens is 254 g/mol. The van der Waals surface area contributed by atoms with E-state index in [0.29, 0.717) is 11.4 Å². The number of nitrogens with one attached hydrogen (secondary N) is 2. The Kier molecular flexibility index (Phi) is 3.28. The van der Waals surface area contributed by atoms with Gasteiger partial charge in [-0.05, 0) is 31.9 Å². The summed E-state index contributed by atoms with van der Waals surface area (Å²) in [6.07, 6.45) is 1.97. The lowest BCUT2D eigenvalue weighted by atomic mass is 10.1. The number of nitrogens with zero attached hydrogens (tertiary/aromatic N) is 1. The molecule has 104 valence electrons. The van der Waals surface area contributed by atoms with Crippen molar-refractivity contribution in [2.24, 2.45) is 0 Å². The highest BCUT2D eigenvalue weighted by atomic mass is 16.3. The second kappa shape index (κ2) is 5.09. The molecule has 3 N–H and O–H groups in total. The van der Waals surface area contributed by atoms with Gasteiger partial charge in [0, 0.05) is 0 Å². The lowest BCUT2D eigenvalue weighted by molar-refractivity contribution is 0.444. The average molecular weight is 271 g/mol. The molecule has 0 saturated carbocycles. The monoisotopic (exact) mass is 271 g/mol. The molecule has 2 aromatic rings. The molecule has 0 amide bonds. The molecule has 3 rings (SSSR count). The molecule has 1 saturated heterocycles. The fraction of sp³-hybridized carbons (Fsp3) is 0.333. The highest BCUT2D eigenvalue weighted by Crippen LogP contribution is 2.26. The molecule has 1 atom stereocenters. The maximum absolute atomic E-state index is 12.2. The van der Waals surface area contributed by atoms with Gasteiger partial charge in [0.1, 0.15) is 11.4 Å². The smallest absolute Gasteiger partial charge is 0.262 e. The molecule has 1 fully saturated rings. The number of aryl methyl sites for hydroxylation is 1. The largest absolute Gasteiger partial charge is 0.493 e. The van der Waals surface area contributed by atoms with Crippen molar-refractivity contribution in [2.75, 3.05) is 6.54 Å². The van der Waals surface area contributed by atoms with Gasteiger partial charge in [0.15, 0.2) is 0 Å². The first-order chi connectivity index (χ1) is 9.65. The van der Waals surface area contributed by atoms with Crippen LogP contribution in [0.3, 0.4) is 0 Å². The van der Waals surface area contributed by atoms with Gasteiger partial charge >= 0.3 is 0 Å². The molecule has 1 aliphatic heterocycles. The van der Waals surface area contributed by atoms with E-state index in [1.807, 2.05) is 31.2 Å². The van der Waals surface area contributed by atoms with Crippen molar-refractivity contribution in [3.63, 3.8) is 0 Å². The second-order valence-electron chi connectivity index (χ2n) is 5.16. The fourth-order valence-electron chi connectivity index (χ4n) is 2.54. The van der Waals surface area contributed by atoms with Crippen LogP contribution in [0.2, 0.25) is 0 Å². The zero-order chi connectivity index (χ0) is 14.1. The first-order valence-electron chi connectivity index (χ1n) is 6.79. The minimum absolute atomic E-state index is 0.0284. The van der Waals surface area contributed by atoms with Crippen LogP contribution in [-0.2, 0) is 0 Å². The Morgan fingerprint density at radius 2 is 2.05 bits per heavy atom. The van der Waals surface area contributed by atoms with Crippen LogP contribution in [0, 0.1) is 6.92 Å². The third kappa shape index (κ3) is 2.32. The van der Waals surface area contributed by atoms with Crippen LogP contribution >= 0.6 is 0 Å². The van der Waals surface area contributed by atoms with Gasteiger partial charge in [-0.3, -0.25) is 4.79 Å². The maximum Gasteiger partial charge on any atom is 0.262 e. The summed E-state index contributed by atoms with van der Waals surface area (Å²) in [5, 5.41) is 13.3. The fourth-order valence-corrected chi connectivity index (χ4v) is 2.54. The number of aromatic nitrogens is 2. The van der Waals surface area contributed by atoms with Crippen molar-refractivity contribution >= 4 is 0 Å². The third-order valence-electron chi connectivity index (χ3n) is 3.65. The number of aromatic amines is 1. The van der Waals surface area contributed by atoms with E-state index in [0.717, 1.165) is 24.9 Å². The van der Waals surface area contributed by atoms with Crippen molar-refractivity contribution in [1.29, 1.82) is 0 Å². The summed E-state index contributed by atoms with van der Waals surface area (Å²) in [5.74, 6) is 0.308. The number of benzene rings is 1. The van der Waals surface area contributed by atoms with E-state index >= 15 is 0 Å². The molecule has 0 aliphatic carbocycles. The van der Waals surface area contributed by atoms with Gasteiger partial charge in [0.25, 0.3) is 5.56 Å². The Balaban J connectivity index is 2.04. The Labute approximate surface area is 116 Å². The van der Waals surface area contributed by atoms with Crippen molar-refractivity contribution in [3.05, 3.63) is 46.0 Å². The van der Waals surface area contributed by atoms with Gasteiger partial charge in [-0.15, -0.1) is 0 Å². The topological polar surface area (TPSA) is 78.0 Å². The average Bonchev–Trinajstić information content (AvgIpc) is 2.94. The van der Waals surface area contributed by atoms with E-state index < -0.39 is 0 Å². The van der Waals surface area contributed by atoms with Gasteiger partial charge in [0.05, 0.1) is 6.04 Å². The quantitative estimate of drug-likeness (QED) is 0.779. The lowest BCUT2D eigenvalue weighted by Gasteiger charge is -2.11. The standard InChI is InChI=1S/C15H17N3O2/c1-9-4-6-10(7-5-9)12-14(19)17-13(18-15(12)20)11-3-2-8-16-11/h4-7,11,16H,2-3,8H2,1H3,(H2,17,18,19,20). The summed E-state index contributed by atoms with van der Waals surface area (Å²) in [6.45, 7) is 2.88.